The number of methoxy groups -OCH3 is 1. The summed E-state index contributed by atoms with van der Waals surface area (Å²) in [7, 11) is 4.89. The molecule has 8 nitrogen and oxygen atoms in total. The van der Waals surface area contributed by atoms with E-state index in [-0.39, 0.29) is 0 Å². The summed E-state index contributed by atoms with van der Waals surface area (Å²) in [4.78, 5) is 31.2. The molecule has 2 aromatic rings. The van der Waals surface area contributed by atoms with Crippen LogP contribution in [0.25, 0.3) is 0 Å². The van der Waals surface area contributed by atoms with Crippen molar-refractivity contribution in [2.45, 2.75) is 16.7 Å². The summed E-state index contributed by atoms with van der Waals surface area (Å²) < 4.78 is 12.3. The van der Waals surface area contributed by atoms with Crippen LogP contribution in [-0.4, -0.2) is 42.7 Å². The molecule has 0 radical (unpaired) electrons. The maximum absolute atomic E-state index is 12.8. The zero-order valence-electron chi connectivity index (χ0n) is 15.4. The van der Waals surface area contributed by atoms with E-state index in [0.717, 1.165) is 4.47 Å². The Kier molecular flexibility index (Phi) is 5.43. The Hall–Kier alpha value is -2.91. The van der Waals surface area contributed by atoms with Crippen molar-refractivity contribution in [2.24, 2.45) is 0 Å². The van der Waals surface area contributed by atoms with Gasteiger partial charge in [-0.2, -0.15) is 0 Å². The molecule has 0 saturated heterocycles. The van der Waals surface area contributed by atoms with Crippen LogP contribution in [0.15, 0.2) is 52.3 Å². The quantitative estimate of drug-likeness (QED) is 0.641. The topological polar surface area (TPSA) is 80.3 Å². The molecule has 0 spiro atoms. The van der Waals surface area contributed by atoms with E-state index in [9.17, 15) is 9.59 Å². The molecule has 1 aliphatic rings. The number of hydrazine groups is 1. The molecule has 2 aromatic carbocycles. The number of benzene rings is 2. The van der Waals surface area contributed by atoms with Crippen molar-refractivity contribution in [1.82, 2.24) is 14.9 Å². The van der Waals surface area contributed by atoms with Crippen LogP contribution in [0.1, 0.15) is 6.92 Å². The highest BCUT2D eigenvalue weighted by Crippen LogP contribution is 2.46. The number of hydroxylamine groups is 1. The van der Waals surface area contributed by atoms with Gasteiger partial charge >= 0.3 is 12.0 Å². The number of nitrogens with one attached hydrogen (secondary N) is 1. The minimum Gasteiger partial charge on any atom is -0.497 e. The molecule has 0 bridgehead atoms. The van der Waals surface area contributed by atoms with Crippen LogP contribution < -0.4 is 14.9 Å². The number of carbonyl (C=O) groups excluding carboxylic acids is 2. The molecule has 0 fully saturated rings. The summed E-state index contributed by atoms with van der Waals surface area (Å²) in [6, 6.07) is 12.0. The van der Waals surface area contributed by atoms with Gasteiger partial charge in [0.25, 0.3) is 0 Å². The van der Waals surface area contributed by atoms with Crippen molar-refractivity contribution in [3.05, 3.63) is 42.5 Å². The lowest BCUT2D eigenvalue weighted by Gasteiger charge is -2.25. The zero-order chi connectivity index (χ0) is 19.6. The van der Waals surface area contributed by atoms with Crippen molar-refractivity contribution < 1.29 is 23.9 Å². The third-order valence-electron chi connectivity index (χ3n) is 3.50. The van der Waals surface area contributed by atoms with Gasteiger partial charge in [0.15, 0.2) is 11.5 Å². The molecule has 1 aliphatic heterocycles. The third-order valence-corrected chi connectivity index (χ3v) is 5.56. The maximum Gasteiger partial charge on any atom is 0.413 e. The largest absolute Gasteiger partial charge is 0.497 e. The predicted octanol–water partition coefficient (Wildman–Crippen LogP) is 2.72. The average Bonchev–Trinajstić information content (AvgIpc) is 2.63. The standard InChI is InChI=1S/C18H19N3O5S/c1-12(22)26-21(18(23)19-20(2)3)27-16-8-6-5-7-14(16)25-15-10-9-13(24-4)11-17(15)27/h5-11H,1-4H3/p+1. The van der Waals surface area contributed by atoms with Crippen LogP contribution in [0.5, 0.6) is 17.2 Å². The first-order valence-electron chi connectivity index (χ1n) is 8.06. The van der Waals surface area contributed by atoms with Crippen molar-refractivity contribution in [2.75, 3.05) is 21.2 Å². The number of para-hydroxylation sites is 1. The van der Waals surface area contributed by atoms with Gasteiger partial charge in [-0.3, -0.25) is 10.3 Å². The van der Waals surface area contributed by atoms with Crippen LogP contribution in [0, 0.1) is 0 Å². The summed E-state index contributed by atoms with van der Waals surface area (Å²) in [6.07, 6.45) is 0. The van der Waals surface area contributed by atoms with E-state index in [2.05, 4.69) is 5.43 Å². The Morgan fingerprint density at radius 1 is 1.07 bits per heavy atom. The highest BCUT2D eigenvalue weighted by Gasteiger charge is 2.49. The normalized spacial score (nSPS) is 14.5. The van der Waals surface area contributed by atoms with Gasteiger partial charge in [-0.25, -0.2) is 14.6 Å². The molecule has 0 aliphatic carbocycles. The highest BCUT2D eigenvalue weighted by molar-refractivity contribution is 7.95. The van der Waals surface area contributed by atoms with Gasteiger partial charge in [0, 0.05) is 33.2 Å². The van der Waals surface area contributed by atoms with Gasteiger partial charge in [0.05, 0.1) is 11.6 Å². The van der Waals surface area contributed by atoms with E-state index in [1.807, 2.05) is 18.2 Å². The average molecular weight is 390 g/mol. The van der Waals surface area contributed by atoms with Gasteiger partial charge < -0.3 is 9.47 Å². The SMILES string of the molecule is COc1ccc2c(c1)[S+](N(OC(C)=O)C(=O)NN(C)C)c1ccccc1O2. The molecule has 2 amide bonds. The fraction of sp³-hybridized carbons (Fsp3) is 0.222. The second kappa shape index (κ2) is 7.77. The summed E-state index contributed by atoms with van der Waals surface area (Å²) in [5.41, 5.74) is 2.61. The number of amides is 2. The van der Waals surface area contributed by atoms with E-state index in [0.29, 0.717) is 27.0 Å². The molecule has 142 valence electrons. The number of ether oxygens (including phenoxy) is 2. The summed E-state index contributed by atoms with van der Waals surface area (Å²) in [5.74, 6) is 1.15. The Bertz CT molecular complexity index is 874. The zero-order valence-corrected chi connectivity index (χ0v) is 16.2. The molecule has 3 rings (SSSR count). The van der Waals surface area contributed by atoms with E-state index < -0.39 is 23.1 Å². The Morgan fingerprint density at radius 2 is 1.78 bits per heavy atom. The Balaban J connectivity index is 2.15. The van der Waals surface area contributed by atoms with Crippen molar-refractivity contribution in [3.8, 4) is 17.2 Å². The van der Waals surface area contributed by atoms with Gasteiger partial charge in [-0.1, -0.05) is 12.1 Å². The van der Waals surface area contributed by atoms with E-state index >= 15 is 0 Å². The monoisotopic (exact) mass is 390 g/mol. The van der Waals surface area contributed by atoms with E-state index in [1.54, 1.807) is 45.5 Å². The first kappa shape index (κ1) is 18.9. The minimum atomic E-state index is -1.06. The third kappa shape index (κ3) is 3.93. The number of nitrogens with zero attached hydrogens (tertiary/aromatic N) is 2. The highest BCUT2D eigenvalue weighted by atomic mass is 32.2. The molecule has 0 aromatic heterocycles. The molecule has 1 N–H and O–H groups in total. The molecule has 27 heavy (non-hydrogen) atoms. The van der Waals surface area contributed by atoms with Gasteiger partial charge in [0.1, 0.15) is 5.75 Å². The molecule has 1 atom stereocenters. The fourth-order valence-electron chi connectivity index (χ4n) is 2.47. The van der Waals surface area contributed by atoms with Crippen molar-refractivity contribution >= 4 is 23.1 Å². The maximum atomic E-state index is 12.8. The molecule has 1 heterocycles. The number of hydrogen-bond donors (Lipinski definition) is 1. The van der Waals surface area contributed by atoms with Crippen LogP contribution in [-0.2, 0) is 20.7 Å². The number of urea groups is 1. The van der Waals surface area contributed by atoms with Gasteiger partial charge in [0.2, 0.25) is 20.9 Å². The van der Waals surface area contributed by atoms with Crippen LogP contribution in [0.2, 0.25) is 0 Å². The first-order chi connectivity index (χ1) is 12.9. The van der Waals surface area contributed by atoms with Crippen molar-refractivity contribution in [3.63, 3.8) is 0 Å². The number of carbonyl (C=O) groups is 2. The molecule has 9 heteroatoms. The second-order valence-electron chi connectivity index (χ2n) is 5.80. The molecular weight excluding hydrogens is 370 g/mol. The number of rotatable bonds is 3. The fourth-order valence-corrected chi connectivity index (χ4v) is 4.49. The van der Waals surface area contributed by atoms with Gasteiger partial charge in [-0.05, 0) is 18.2 Å². The second-order valence-corrected chi connectivity index (χ2v) is 7.58. The minimum absolute atomic E-state index is 0.563. The lowest BCUT2D eigenvalue weighted by Crippen LogP contribution is -2.49. The number of fused-ring (bicyclic) bond motifs is 2. The van der Waals surface area contributed by atoms with E-state index in [1.165, 1.54) is 11.9 Å². The Labute approximate surface area is 160 Å². The summed E-state index contributed by atoms with van der Waals surface area (Å²) in [5, 5.41) is 1.47. The van der Waals surface area contributed by atoms with Crippen LogP contribution >= 0.6 is 0 Å². The predicted molar refractivity (Wildman–Crippen MR) is 99.2 cm³/mol. The lowest BCUT2D eigenvalue weighted by atomic mass is 10.3. The molecule has 0 saturated carbocycles. The first-order valence-corrected chi connectivity index (χ1v) is 9.25. The Morgan fingerprint density at radius 3 is 2.44 bits per heavy atom. The van der Waals surface area contributed by atoms with Crippen LogP contribution in [0.3, 0.4) is 0 Å². The summed E-state index contributed by atoms with van der Waals surface area (Å²) in [6.45, 7) is 1.25. The molecular formula is C18H20N3O5S+. The smallest absolute Gasteiger partial charge is 0.413 e. The van der Waals surface area contributed by atoms with E-state index in [4.69, 9.17) is 14.3 Å². The number of hydrogen-bond acceptors (Lipinski definition) is 6. The lowest BCUT2D eigenvalue weighted by molar-refractivity contribution is -0.159. The van der Waals surface area contributed by atoms with Crippen LogP contribution in [0.4, 0.5) is 4.79 Å². The van der Waals surface area contributed by atoms with Crippen molar-refractivity contribution in [1.29, 1.82) is 0 Å². The van der Waals surface area contributed by atoms with Gasteiger partial charge in [-0.15, -0.1) is 0 Å². The summed E-state index contributed by atoms with van der Waals surface area (Å²) >= 11 is -1.06. The molecule has 1 unspecified atom stereocenters.